The lowest BCUT2D eigenvalue weighted by molar-refractivity contribution is -0.138. The number of carbonyl (C=O) groups is 1. The van der Waals surface area contributed by atoms with Crippen molar-refractivity contribution in [1.82, 2.24) is 24.8 Å². The molecule has 3 rings (SSSR count). The van der Waals surface area contributed by atoms with Gasteiger partial charge in [0.2, 0.25) is 0 Å². The Kier molecular flexibility index (Phi) is 3.62. The molecular formula is C11H14N6O5. The van der Waals surface area contributed by atoms with Gasteiger partial charge in [-0.05, 0) is 0 Å². The summed E-state index contributed by atoms with van der Waals surface area (Å²) in [5, 5.41) is 30.8. The van der Waals surface area contributed by atoms with E-state index < -0.39 is 37.2 Å². The number of nitrogens with two attached hydrogens (primary N) is 1. The summed E-state index contributed by atoms with van der Waals surface area (Å²) in [6.45, 7) is -0.607. The number of hydrogen-bond donors (Lipinski definition) is 5. The molecule has 1 fully saturated rings. The molecule has 3 heterocycles. The molecule has 0 aliphatic carbocycles. The van der Waals surface area contributed by atoms with Crippen LogP contribution >= 0.6 is 0 Å². The van der Waals surface area contributed by atoms with E-state index in [1.165, 1.54) is 17.2 Å². The van der Waals surface area contributed by atoms with Gasteiger partial charge < -0.3 is 31.1 Å². The second-order valence-corrected chi connectivity index (χ2v) is 4.71. The van der Waals surface area contributed by atoms with Crippen LogP contribution in [0.15, 0.2) is 12.7 Å². The Morgan fingerprint density at radius 3 is 2.86 bits per heavy atom. The molecule has 118 valence electrons. The Labute approximate surface area is 123 Å². The van der Waals surface area contributed by atoms with Gasteiger partial charge in [0.05, 0.1) is 6.33 Å². The topological polar surface area (TPSA) is 169 Å². The number of hydrogen-bond acceptors (Lipinski definition) is 9. The Morgan fingerprint density at radius 1 is 1.36 bits per heavy atom. The maximum atomic E-state index is 11.7. The minimum Gasteiger partial charge on any atom is -0.387 e. The van der Waals surface area contributed by atoms with Crippen molar-refractivity contribution in [3.8, 4) is 0 Å². The zero-order chi connectivity index (χ0) is 15.9. The van der Waals surface area contributed by atoms with Crippen molar-refractivity contribution in [3.05, 3.63) is 12.7 Å². The number of amides is 1. The highest BCUT2D eigenvalue weighted by Gasteiger charge is 2.47. The van der Waals surface area contributed by atoms with E-state index in [0.717, 1.165) is 0 Å². The van der Waals surface area contributed by atoms with Crippen molar-refractivity contribution in [2.24, 2.45) is 0 Å². The maximum Gasteiger partial charge on any atom is 0.253 e. The predicted molar refractivity (Wildman–Crippen MR) is 70.9 cm³/mol. The molecule has 0 bridgehead atoms. The van der Waals surface area contributed by atoms with Crippen LogP contribution < -0.4 is 11.1 Å². The van der Waals surface area contributed by atoms with Gasteiger partial charge in [-0.2, -0.15) is 0 Å². The zero-order valence-electron chi connectivity index (χ0n) is 11.2. The smallest absolute Gasteiger partial charge is 0.253 e. The van der Waals surface area contributed by atoms with Crippen molar-refractivity contribution in [1.29, 1.82) is 0 Å². The summed E-state index contributed by atoms with van der Waals surface area (Å²) in [4.78, 5) is 23.5. The molecule has 11 heteroatoms. The van der Waals surface area contributed by atoms with E-state index in [2.05, 4.69) is 20.3 Å². The molecule has 22 heavy (non-hydrogen) atoms. The molecule has 1 aliphatic heterocycles. The van der Waals surface area contributed by atoms with E-state index in [-0.39, 0.29) is 5.82 Å². The third kappa shape index (κ3) is 2.16. The van der Waals surface area contributed by atoms with Crippen molar-refractivity contribution in [2.45, 2.75) is 24.5 Å². The number of imidazole rings is 1. The number of carbonyl (C=O) groups excluding carboxylic acids is 1. The summed E-state index contributed by atoms with van der Waals surface area (Å²) < 4.78 is 6.75. The fourth-order valence-electron chi connectivity index (χ4n) is 2.34. The number of aliphatic hydroxyl groups excluding tert-OH is 3. The first kappa shape index (κ1) is 14.6. The van der Waals surface area contributed by atoms with Crippen LogP contribution in [0.3, 0.4) is 0 Å². The number of aliphatic hydroxyl groups is 3. The molecule has 0 saturated carbocycles. The average molecular weight is 310 g/mol. The number of nitrogen functional groups attached to an aromatic ring is 1. The lowest BCUT2D eigenvalue weighted by atomic mass is 10.1. The van der Waals surface area contributed by atoms with Crippen LogP contribution in [-0.4, -0.2) is 65.8 Å². The molecule has 0 radical (unpaired) electrons. The summed E-state index contributed by atoms with van der Waals surface area (Å²) in [5.74, 6) is -0.582. The van der Waals surface area contributed by atoms with Gasteiger partial charge in [0.25, 0.3) is 5.91 Å². The summed E-state index contributed by atoms with van der Waals surface area (Å²) >= 11 is 0. The third-order valence-corrected chi connectivity index (χ3v) is 3.41. The summed E-state index contributed by atoms with van der Waals surface area (Å²) in [6.07, 6.45) is -2.71. The summed E-state index contributed by atoms with van der Waals surface area (Å²) in [5.41, 5.74) is 6.29. The molecule has 11 nitrogen and oxygen atoms in total. The second-order valence-electron chi connectivity index (χ2n) is 4.71. The Hall–Kier alpha value is -2.34. The lowest BCUT2D eigenvalue weighted by Gasteiger charge is -2.16. The van der Waals surface area contributed by atoms with Crippen molar-refractivity contribution < 1.29 is 24.9 Å². The SMILES string of the molecule is Nc1ncnc2c1ncn2[C@@H]1O[C@H](C(=O)NCO)[C@@H](O)[C@H]1O. The minimum atomic E-state index is -1.46. The largest absolute Gasteiger partial charge is 0.387 e. The van der Waals surface area contributed by atoms with Gasteiger partial charge in [0.1, 0.15) is 30.8 Å². The highest BCUT2D eigenvalue weighted by atomic mass is 16.6. The van der Waals surface area contributed by atoms with Crippen molar-refractivity contribution in [3.63, 3.8) is 0 Å². The van der Waals surface area contributed by atoms with Crippen LogP contribution in [0.1, 0.15) is 6.23 Å². The van der Waals surface area contributed by atoms with Gasteiger partial charge in [-0.3, -0.25) is 9.36 Å². The zero-order valence-corrected chi connectivity index (χ0v) is 11.2. The van der Waals surface area contributed by atoms with Crippen LogP contribution in [0, 0.1) is 0 Å². The molecule has 4 atom stereocenters. The summed E-state index contributed by atoms with van der Waals surface area (Å²) in [7, 11) is 0. The molecule has 0 aromatic carbocycles. The minimum absolute atomic E-state index is 0.159. The second kappa shape index (κ2) is 5.46. The lowest BCUT2D eigenvalue weighted by Crippen LogP contribution is -2.43. The van der Waals surface area contributed by atoms with Crippen LogP contribution in [0.25, 0.3) is 11.2 Å². The normalized spacial score (nSPS) is 28.1. The number of fused-ring (bicyclic) bond motifs is 1. The first-order valence-electron chi connectivity index (χ1n) is 6.37. The number of nitrogens with one attached hydrogen (secondary N) is 1. The standard InChI is InChI=1S/C11H14N6O5/c12-8-4-9(14-1-13-8)17(2-15-4)11-6(20)5(19)7(22-11)10(21)16-3-18/h1-2,5-7,11,18-20H,3H2,(H,16,21)(H2,12,13,14)/t5-,6+,7-,11+/m0/s1. The monoisotopic (exact) mass is 310 g/mol. The fourth-order valence-corrected chi connectivity index (χ4v) is 2.34. The van der Waals surface area contributed by atoms with E-state index in [4.69, 9.17) is 15.6 Å². The molecule has 0 spiro atoms. The quantitative estimate of drug-likeness (QED) is 0.373. The van der Waals surface area contributed by atoms with Gasteiger partial charge >= 0.3 is 0 Å². The Bertz CT molecular complexity index is 705. The Morgan fingerprint density at radius 2 is 2.14 bits per heavy atom. The van der Waals surface area contributed by atoms with Crippen LogP contribution in [0.2, 0.25) is 0 Å². The summed E-state index contributed by atoms with van der Waals surface area (Å²) in [6, 6.07) is 0. The van der Waals surface area contributed by atoms with Gasteiger partial charge in [-0.1, -0.05) is 0 Å². The molecule has 6 N–H and O–H groups in total. The van der Waals surface area contributed by atoms with E-state index >= 15 is 0 Å². The maximum absolute atomic E-state index is 11.7. The average Bonchev–Trinajstić information content (AvgIpc) is 3.03. The molecule has 1 aliphatic rings. The van der Waals surface area contributed by atoms with Crippen LogP contribution in [0.5, 0.6) is 0 Å². The number of nitrogens with zero attached hydrogens (tertiary/aromatic N) is 4. The van der Waals surface area contributed by atoms with Crippen molar-refractivity contribution in [2.75, 3.05) is 12.5 Å². The number of aromatic nitrogens is 4. The first-order valence-corrected chi connectivity index (χ1v) is 6.37. The molecule has 1 saturated heterocycles. The predicted octanol–water partition coefficient (Wildman–Crippen LogP) is -2.91. The van der Waals surface area contributed by atoms with E-state index in [1.807, 2.05) is 0 Å². The number of ether oxygens (including phenoxy) is 1. The van der Waals surface area contributed by atoms with Crippen LogP contribution in [-0.2, 0) is 9.53 Å². The third-order valence-electron chi connectivity index (χ3n) is 3.41. The number of rotatable bonds is 3. The molecule has 0 unspecified atom stereocenters. The first-order chi connectivity index (χ1) is 10.5. The van der Waals surface area contributed by atoms with Gasteiger partial charge in [0, 0.05) is 0 Å². The highest BCUT2D eigenvalue weighted by molar-refractivity contribution is 5.82. The van der Waals surface area contributed by atoms with Crippen molar-refractivity contribution >= 4 is 22.9 Å². The molecule has 2 aromatic heterocycles. The number of anilines is 1. The van der Waals surface area contributed by atoms with E-state index in [9.17, 15) is 15.0 Å². The van der Waals surface area contributed by atoms with E-state index in [0.29, 0.717) is 11.2 Å². The van der Waals surface area contributed by atoms with Crippen LogP contribution in [0.4, 0.5) is 5.82 Å². The molecular weight excluding hydrogens is 296 g/mol. The van der Waals surface area contributed by atoms with Gasteiger partial charge in [-0.25, -0.2) is 15.0 Å². The highest BCUT2D eigenvalue weighted by Crippen LogP contribution is 2.31. The fraction of sp³-hybridized carbons (Fsp3) is 0.455. The Balaban J connectivity index is 1.94. The van der Waals surface area contributed by atoms with Gasteiger partial charge in [-0.15, -0.1) is 0 Å². The molecule has 1 amide bonds. The van der Waals surface area contributed by atoms with Gasteiger partial charge in [0.15, 0.2) is 23.8 Å². The van der Waals surface area contributed by atoms with E-state index in [1.54, 1.807) is 0 Å². The molecule has 2 aromatic rings.